The Morgan fingerprint density at radius 3 is 2.67 bits per heavy atom. The molecule has 1 aromatic carbocycles. The first-order valence-corrected chi connectivity index (χ1v) is 8.13. The standard InChI is InChI=1S/C15H18N4OS/c20-14-11-21-15(17-14)18-16-9-12-3-5-13(6-4-12)10-19-7-1-2-8-19/h3-6,9H,1-2,7-8,10-11H2,(H,17,18,20). The maximum Gasteiger partial charge on any atom is 0.236 e. The van der Waals surface area contributed by atoms with E-state index in [-0.39, 0.29) is 5.91 Å². The molecular formula is C15H18N4OS. The number of amidine groups is 1. The number of amides is 1. The third kappa shape index (κ3) is 4.15. The van der Waals surface area contributed by atoms with E-state index in [0.717, 1.165) is 12.1 Å². The van der Waals surface area contributed by atoms with Crippen molar-refractivity contribution in [3.8, 4) is 0 Å². The van der Waals surface area contributed by atoms with Crippen LogP contribution in [-0.2, 0) is 11.3 Å². The molecule has 0 radical (unpaired) electrons. The van der Waals surface area contributed by atoms with Gasteiger partial charge in [-0.2, -0.15) is 5.10 Å². The normalized spacial score (nSPS) is 21.5. The quantitative estimate of drug-likeness (QED) is 0.682. The molecule has 0 spiro atoms. The largest absolute Gasteiger partial charge is 0.303 e. The molecule has 6 heteroatoms. The molecule has 0 aromatic heterocycles. The molecule has 110 valence electrons. The SMILES string of the molecule is O=C1CSC(=NN=Cc2ccc(CN3CCCC3)cc2)N1. The number of benzene rings is 1. The zero-order valence-electron chi connectivity index (χ0n) is 11.8. The maximum absolute atomic E-state index is 11.0. The molecule has 1 N–H and O–H groups in total. The fourth-order valence-corrected chi connectivity index (χ4v) is 3.07. The first-order chi connectivity index (χ1) is 10.3. The van der Waals surface area contributed by atoms with E-state index in [1.807, 2.05) is 0 Å². The summed E-state index contributed by atoms with van der Waals surface area (Å²) in [5.74, 6) is 0.416. The van der Waals surface area contributed by atoms with Gasteiger partial charge in [-0.25, -0.2) is 0 Å². The van der Waals surface area contributed by atoms with Crippen LogP contribution in [0.4, 0.5) is 0 Å². The lowest BCUT2D eigenvalue weighted by molar-refractivity contribution is -0.116. The van der Waals surface area contributed by atoms with Crippen LogP contribution in [0.5, 0.6) is 0 Å². The van der Waals surface area contributed by atoms with Crippen molar-refractivity contribution in [3.63, 3.8) is 0 Å². The summed E-state index contributed by atoms with van der Waals surface area (Å²) < 4.78 is 0. The third-order valence-electron chi connectivity index (χ3n) is 3.53. The summed E-state index contributed by atoms with van der Waals surface area (Å²) in [5, 5.41) is 11.2. The van der Waals surface area contributed by atoms with Crippen LogP contribution in [0.25, 0.3) is 0 Å². The van der Waals surface area contributed by atoms with Gasteiger partial charge in [0.1, 0.15) is 0 Å². The van der Waals surface area contributed by atoms with Gasteiger partial charge < -0.3 is 5.32 Å². The molecule has 0 bridgehead atoms. The summed E-state index contributed by atoms with van der Waals surface area (Å²) in [7, 11) is 0. The van der Waals surface area contributed by atoms with E-state index in [0.29, 0.717) is 10.9 Å². The number of hydrogen-bond donors (Lipinski definition) is 1. The van der Waals surface area contributed by atoms with Crippen LogP contribution in [0.3, 0.4) is 0 Å². The van der Waals surface area contributed by atoms with E-state index in [2.05, 4.69) is 44.7 Å². The number of thioether (sulfide) groups is 1. The monoisotopic (exact) mass is 302 g/mol. The minimum absolute atomic E-state index is 0.0137. The highest BCUT2D eigenvalue weighted by Crippen LogP contribution is 2.13. The highest BCUT2D eigenvalue weighted by atomic mass is 32.2. The average Bonchev–Trinajstić information content (AvgIpc) is 3.13. The first kappa shape index (κ1) is 14.3. The van der Waals surface area contributed by atoms with Crippen LogP contribution < -0.4 is 5.32 Å². The second kappa shape index (κ2) is 6.87. The van der Waals surface area contributed by atoms with Gasteiger partial charge >= 0.3 is 0 Å². The van der Waals surface area contributed by atoms with Crippen molar-refractivity contribution in [2.75, 3.05) is 18.8 Å². The smallest absolute Gasteiger partial charge is 0.236 e. The van der Waals surface area contributed by atoms with Crippen LogP contribution in [-0.4, -0.2) is 41.0 Å². The Kier molecular flexibility index (Phi) is 4.67. The number of hydrogen-bond acceptors (Lipinski definition) is 5. The van der Waals surface area contributed by atoms with E-state index in [1.165, 1.54) is 43.3 Å². The second-order valence-electron chi connectivity index (χ2n) is 5.21. The van der Waals surface area contributed by atoms with Gasteiger partial charge in [0.2, 0.25) is 5.91 Å². The molecular weight excluding hydrogens is 284 g/mol. The molecule has 2 fully saturated rings. The summed E-state index contributed by atoms with van der Waals surface area (Å²) >= 11 is 1.38. The van der Waals surface area contributed by atoms with E-state index in [9.17, 15) is 4.79 Å². The van der Waals surface area contributed by atoms with Crippen LogP contribution in [0.15, 0.2) is 34.5 Å². The lowest BCUT2D eigenvalue weighted by Gasteiger charge is -2.14. The van der Waals surface area contributed by atoms with Gasteiger partial charge in [0.15, 0.2) is 5.17 Å². The zero-order valence-corrected chi connectivity index (χ0v) is 12.6. The number of likely N-dealkylation sites (tertiary alicyclic amines) is 1. The Balaban J connectivity index is 1.55. The molecule has 21 heavy (non-hydrogen) atoms. The van der Waals surface area contributed by atoms with Gasteiger partial charge in [0, 0.05) is 6.54 Å². The van der Waals surface area contributed by atoms with E-state index in [4.69, 9.17) is 0 Å². The van der Waals surface area contributed by atoms with Gasteiger partial charge in [0.25, 0.3) is 0 Å². The van der Waals surface area contributed by atoms with Crippen molar-refractivity contribution in [1.29, 1.82) is 0 Å². The molecule has 0 saturated carbocycles. The topological polar surface area (TPSA) is 57.1 Å². The van der Waals surface area contributed by atoms with Crippen LogP contribution in [0, 0.1) is 0 Å². The zero-order chi connectivity index (χ0) is 14.5. The molecule has 2 aliphatic rings. The lowest BCUT2D eigenvalue weighted by Crippen LogP contribution is -2.19. The third-order valence-corrected chi connectivity index (χ3v) is 4.39. The number of nitrogens with one attached hydrogen (secondary N) is 1. The van der Waals surface area contributed by atoms with E-state index in [1.54, 1.807) is 6.21 Å². The Bertz CT molecular complexity index is 562. The summed E-state index contributed by atoms with van der Waals surface area (Å²) in [6, 6.07) is 8.38. The van der Waals surface area contributed by atoms with Gasteiger partial charge in [-0.3, -0.25) is 9.69 Å². The Hall–Kier alpha value is -1.66. The lowest BCUT2D eigenvalue weighted by atomic mass is 10.1. The number of nitrogens with zero attached hydrogens (tertiary/aromatic N) is 3. The van der Waals surface area contributed by atoms with Crippen molar-refractivity contribution < 1.29 is 4.79 Å². The van der Waals surface area contributed by atoms with Gasteiger partial charge in [-0.15, -0.1) is 5.10 Å². The van der Waals surface area contributed by atoms with E-state index < -0.39 is 0 Å². The van der Waals surface area contributed by atoms with Crippen molar-refractivity contribution in [3.05, 3.63) is 35.4 Å². The van der Waals surface area contributed by atoms with Crippen LogP contribution >= 0.6 is 11.8 Å². The fraction of sp³-hybridized carbons (Fsp3) is 0.400. The molecule has 3 rings (SSSR count). The second-order valence-corrected chi connectivity index (χ2v) is 6.18. The molecule has 0 unspecified atom stereocenters. The molecule has 5 nitrogen and oxygen atoms in total. The number of carbonyl (C=O) groups is 1. The summed E-state index contributed by atoms with van der Waals surface area (Å²) in [6.07, 6.45) is 4.34. The van der Waals surface area contributed by atoms with Crippen molar-refractivity contribution >= 4 is 29.1 Å². The highest BCUT2D eigenvalue weighted by molar-refractivity contribution is 8.15. The minimum atomic E-state index is -0.0137. The van der Waals surface area contributed by atoms with Gasteiger partial charge in [-0.1, -0.05) is 36.0 Å². The predicted octanol–water partition coefficient (Wildman–Crippen LogP) is 1.84. The minimum Gasteiger partial charge on any atom is -0.303 e. The fourth-order valence-electron chi connectivity index (χ4n) is 2.44. The van der Waals surface area contributed by atoms with Gasteiger partial charge in [0.05, 0.1) is 12.0 Å². The predicted molar refractivity (Wildman–Crippen MR) is 86.6 cm³/mol. The van der Waals surface area contributed by atoms with Gasteiger partial charge in [-0.05, 0) is 37.1 Å². The molecule has 0 atom stereocenters. The molecule has 1 amide bonds. The average molecular weight is 302 g/mol. The maximum atomic E-state index is 11.0. The van der Waals surface area contributed by atoms with Crippen molar-refractivity contribution in [2.45, 2.75) is 19.4 Å². The van der Waals surface area contributed by atoms with Crippen molar-refractivity contribution in [2.24, 2.45) is 10.2 Å². The Morgan fingerprint density at radius 2 is 2.00 bits per heavy atom. The highest BCUT2D eigenvalue weighted by Gasteiger charge is 2.15. The molecule has 0 aliphatic carbocycles. The molecule has 2 aliphatic heterocycles. The van der Waals surface area contributed by atoms with E-state index >= 15 is 0 Å². The molecule has 2 heterocycles. The summed E-state index contributed by atoms with van der Waals surface area (Å²) in [5.41, 5.74) is 2.35. The number of rotatable bonds is 4. The Labute approximate surface area is 128 Å². The molecule has 2 saturated heterocycles. The van der Waals surface area contributed by atoms with Crippen LogP contribution in [0.1, 0.15) is 24.0 Å². The molecule has 1 aromatic rings. The summed E-state index contributed by atoms with van der Waals surface area (Å²) in [4.78, 5) is 13.5. The van der Waals surface area contributed by atoms with Crippen molar-refractivity contribution in [1.82, 2.24) is 10.2 Å². The Morgan fingerprint density at radius 1 is 1.24 bits per heavy atom. The first-order valence-electron chi connectivity index (χ1n) is 7.14. The summed E-state index contributed by atoms with van der Waals surface area (Å²) in [6.45, 7) is 3.45. The van der Waals surface area contributed by atoms with Crippen LogP contribution in [0.2, 0.25) is 0 Å². The number of carbonyl (C=O) groups excluding carboxylic acids is 1.